The maximum absolute atomic E-state index is 11.9. The minimum absolute atomic E-state index is 0.00111. The molecule has 1 saturated heterocycles. The van der Waals surface area contributed by atoms with Crippen LogP contribution in [-0.2, 0) is 9.53 Å². The molecule has 0 aliphatic carbocycles. The van der Waals surface area contributed by atoms with Crippen molar-refractivity contribution in [1.82, 2.24) is 10.6 Å². The predicted octanol–water partition coefficient (Wildman–Crippen LogP) is 0.670. The molecule has 1 heterocycles. The van der Waals surface area contributed by atoms with Crippen LogP contribution in [0.25, 0.3) is 0 Å². The Hall–Kier alpha value is -0.610. The molecule has 4 nitrogen and oxygen atoms in total. The molecule has 0 spiro atoms. The smallest absolute Gasteiger partial charge is 0.252 e. The monoisotopic (exact) mass is 214 g/mol. The van der Waals surface area contributed by atoms with Gasteiger partial charge in [-0.2, -0.15) is 0 Å². The molecule has 2 N–H and O–H groups in total. The normalized spacial score (nSPS) is 25.7. The number of rotatable bonds is 4. The minimum Gasteiger partial charge on any atom is -0.369 e. The molecule has 88 valence electrons. The van der Waals surface area contributed by atoms with Crippen LogP contribution in [0.3, 0.4) is 0 Å². The Morgan fingerprint density at radius 1 is 1.67 bits per heavy atom. The van der Waals surface area contributed by atoms with Gasteiger partial charge in [-0.25, -0.2) is 0 Å². The van der Waals surface area contributed by atoms with E-state index >= 15 is 0 Å². The topological polar surface area (TPSA) is 50.4 Å². The molecule has 4 heteroatoms. The van der Waals surface area contributed by atoms with Crippen molar-refractivity contribution >= 4 is 5.91 Å². The van der Waals surface area contributed by atoms with E-state index in [0.29, 0.717) is 6.42 Å². The second-order valence-corrected chi connectivity index (χ2v) is 4.31. The average molecular weight is 214 g/mol. The highest BCUT2D eigenvalue weighted by atomic mass is 16.5. The molecule has 2 atom stereocenters. The van der Waals surface area contributed by atoms with Crippen LogP contribution in [0.2, 0.25) is 0 Å². The molecule has 0 radical (unpaired) electrons. The lowest BCUT2D eigenvalue weighted by molar-refractivity contribution is -0.142. The summed E-state index contributed by atoms with van der Waals surface area (Å²) in [5, 5.41) is 6.31. The number of nitrogens with one attached hydrogen (secondary N) is 2. The highest BCUT2D eigenvalue weighted by Gasteiger charge is 2.32. The number of piperidine rings is 1. The standard InChI is InChI=1S/C11H22N2O2/c1-4-11(2,15-3)10(14)13-9-6-5-7-12-8-9/h9,12H,4-8H2,1-3H3,(H,13,14)/t9-,11?/m0/s1. The maximum Gasteiger partial charge on any atom is 0.252 e. The van der Waals surface area contributed by atoms with Crippen molar-refractivity contribution in [2.24, 2.45) is 0 Å². The van der Waals surface area contributed by atoms with Crippen LogP contribution < -0.4 is 10.6 Å². The molecule has 1 aliphatic heterocycles. The van der Waals surface area contributed by atoms with Crippen LogP contribution in [0.1, 0.15) is 33.1 Å². The van der Waals surface area contributed by atoms with E-state index in [1.54, 1.807) is 7.11 Å². The van der Waals surface area contributed by atoms with Gasteiger partial charge in [-0.3, -0.25) is 4.79 Å². The first-order valence-corrected chi connectivity index (χ1v) is 5.69. The average Bonchev–Trinajstić information content (AvgIpc) is 2.29. The Bertz CT molecular complexity index is 209. The van der Waals surface area contributed by atoms with E-state index in [2.05, 4.69) is 10.6 Å². The van der Waals surface area contributed by atoms with Crippen LogP contribution in [0.4, 0.5) is 0 Å². The summed E-state index contributed by atoms with van der Waals surface area (Å²) in [6.07, 6.45) is 2.87. The first-order chi connectivity index (χ1) is 7.12. The molecule has 0 aromatic carbocycles. The SMILES string of the molecule is CCC(C)(OC)C(=O)N[C@H]1CCCNC1. The summed E-state index contributed by atoms with van der Waals surface area (Å²) in [4.78, 5) is 11.9. The van der Waals surface area contributed by atoms with Crippen molar-refractivity contribution < 1.29 is 9.53 Å². The number of hydrogen-bond acceptors (Lipinski definition) is 3. The van der Waals surface area contributed by atoms with E-state index in [1.807, 2.05) is 13.8 Å². The van der Waals surface area contributed by atoms with E-state index in [1.165, 1.54) is 0 Å². The third-order valence-electron chi connectivity index (χ3n) is 3.24. The van der Waals surface area contributed by atoms with Crippen LogP contribution in [0, 0.1) is 0 Å². The maximum atomic E-state index is 11.9. The van der Waals surface area contributed by atoms with Crippen molar-refractivity contribution in [3.63, 3.8) is 0 Å². The van der Waals surface area contributed by atoms with Gasteiger partial charge in [0.2, 0.25) is 0 Å². The molecule has 0 aromatic heterocycles. The Labute approximate surface area is 91.8 Å². The Morgan fingerprint density at radius 3 is 2.87 bits per heavy atom. The van der Waals surface area contributed by atoms with Gasteiger partial charge in [0.1, 0.15) is 5.60 Å². The number of methoxy groups -OCH3 is 1. The molecule has 1 unspecified atom stereocenters. The second-order valence-electron chi connectivity index (χ2n) is 4.31. The molecule has 0 saturated carbocycles. The number of hydrogen-bond donors (Lipinski definition) is 2. The van der Waals surface area contributed by atoms with Gasteiger partial charge in [0.25, 0.3) is 5.91 Å². The molecule has 1 fully saturated rings. The Morgan fingerprint density at radius 2 is 2.40 bits per heavy atom. The zero-order chi connectivity index (χ0) is 11.3. The van der Waals surface area contributed by atoms with Gasteiger partial charge < -0.3 is 15.4 Å². The summed E-state index contributed by atoms with van der Waals surface area (Å²) in [5.41, 5.74) is -0.683. The summed E-state index contributed by atoms with van der Waals surface area (Å²) in [6.45, 7) is 5.72. The highest BCUT2D eigenvalue weighted by molar-refractivity contribution is 5.84. The van der Waals surface area contributed by atoms with E-state index in [9.17, 15) is 4.79 Å². The van der Waals surface area contributed by atoms with Crippen molar-refractivity contribution in [3.8, 4) is 0 Å². The molecule has 1 rings (SSSR count). The van der Waals surface area contributed by atoms with Gasteiger partial charge in [-0.05, 0) is 32.7 Å². The summed E-state index contributed by atoms with van der Waals surface area (Å²) in [7, 11) is 1.59. The molecule has 1 amide bonds. The summed E-state index contributed by atoms with van der Waals surface area (Å²) < 4.78 is 5.26. The van der Waals surface area contributed by atoms with Crippen molar-refractivity contribution in [2.75, 3.05) is 20.2 Å². The lowest BCUT2D eigenvalue weighted by atomic mass is 10.0. The van der Waals surface area contributed by atoms with E-state index in [4.69, 9.17) is 4.74 Å². The quantitative estimate of drug-likeness (QED) is 0.723. The largest absolute Gasteiger partial charge is 0.369 e. The van der Waals surface area contributed by atoms with Gasteiger partial charge in [-0.1, -0.05) is 6.92 Å². The Balaban J connectivity index is 2.45. The van der Waals surface area contributed by atoms with Gasteiger partial charge in [0.15, 0.2) is 0 Å². The van der Waals surface area contributed by atoms with Gasteiger partial charge in [0, 0.05) is 19.7 Å². The van der Waals surface area contributed by atoms with Crippen molar-refractivity contribution in [2.45, 2.75) is 44.8 Å². The number of carbonyl (C=O) groups is 1. The zero-order valence-electron chi connectivity index (χ0n) is 9.93. The molecule has 0 aromatic rings. The number of carbonyl (C=O) groups excluding carboxylic acids is 1. The summed E-state index contributed by atoms with van der Waals surface area (Å²) in [6, 6.07) is 0.257. The van der Waals surface area contributed by atoms with Gasteiger partial charge in [0.05, 0.1) is 0 Å². The third kappa shape index (κ3) is 3.18. The lowest BCUT2D eigenvalue weighted by Crippen LogP contribution is -2.53. The fraction of sp³-hybridized carbons (Fsp3) is 0.909. The molecule has 1 aliphatic rings. The molecular formula is C11H22N2O2. The molecule has 0 bridgehead atoms. The van der Waals surface area contributed by atoms with Crippen LogP contribution in [0.15, 0.2) is 0 Å². The van der Waals surface area contributed by atoms with E-state index < -0.39 is 5.60 Å². The summed E-state index contributed by atoms with van der Waals surface area (Å²) in [5.74, 6) is 0.00111. The van der Waals surface area contributed by atoms with E-state index in [0.717, 1.165) is 25.9 Å². The van der Waals surface area contributed by atoms with Crippen molar-refractivity contribution in [1.29, 1.82) is 0 Å². The number of ether oxygens (including phenoxy) is 1. The van der Waals surface area contributed by atoms with Crippen LogP contribution in [-0.4, -0.2) is 37.7 Å². The minimum atomic E-state index is -0.683. The fourth-order valence-corrected chi connectivity index (χ4v) is 1.71. The first kappa shape index (κ1) is 12.5. The van der Waals surface area contributed by atoms with Crippen molar-refractivity contribution in [3.05, 3.63) is 0 Å². The van der Waals surface area contributed by atoms with E-state index in [-0.39, 0.29) is 11.9 Å². The summed E-state index contributed by atoms with van der Waals surface area (Å²) >= 11 is 0. The second kappa shape index (κ2) is 5.47. The first-order valence-electron chi connectivity index (χ1n) is 5.69. The third-order valence-corrected chi connectivity index (χ3v) is 3.24. The van der Waals surface area contributed by atoms with Crippen LogP contribution in [0.5, 0.6) is 0 Å². The number of amides is 1. The van der Waals surface area contributed by atoms with Crippen LogP contribution >= 0.6 is 0 Å². The highest BCUT2D eigenvalue weighted by Crippen LogP contribution is 2.15. The van der Waals surface area contributed by atoms with Gasteiger partial charge >= 0.3 is 0 Å². The zero-order valence-corrected chi connectivity index (χ0v) is 9.93. The van der Waals surface area contributed by atoms with Gasteiger partial charge in [-0.15, -0.1) is 0 Å². The fourth-order valence-electron chi connectivity index (χ4n) is 1.71. The predicted molar refractivity (Wildman–Crippen MR) is 59.7 cm³/mol. The lowest BCUT2D eigenvalue weighted by Gasteiger charge is -2.30. The Kier molecular flexibility index (Phi) is 4.54. The molecule has 15 heavy (non-hydrogen) atoms. The molecular weight excluding hydrogens is 192 g/mol.